The van der Waals surface area contributed by atoms with E-state index in [1.54, 1.807) is 7.11 Å². The molecule has 0 radical (unpaired) electrons. The van der Waals surface area contributed by atoms with Gasteiger partial charge in [-0.1, -0.05) is 0 Å². The fourth-order valence-electron chi connectivity index (χ4n) is 1.08. The van der Waals surface area contributed by atoms with E-state index >= 15 is 0 Å². The second-order valence-corrected chi connectivity index (χ2v) is 2.95. The molecule has 16 heavy (non-hydrogen) atoms. The first kappa shape index (κ1) is 12.3. The molecule has 6 nitrogen and oxygen atoms in total. The Morgan fingerprint density at radius 3 is 2.75 bits per heavy atom. The van der Waals surface area contributed by atoms with E-state index in [0.29, 0.717) is 23.7 Å². The summed E-state index contributed by atoms with van der Waals surface area (Å²) in [6.45, 7) is 0.711. The maximum atomic E-state index is 11.2. The molecule has 0 N–H and O–H groups in total. The summed E-state index contributed by atoms with van der Waals surface area (Å²) >= 11 is 0. The van der Waals surface area contributed by atoms with Crippen LogP contribution in [0.4, 0.5) is 0 Å². The van der Waals surface area contributed by atoms with Gasteiger partial charge in [0.1, 0.15) is 12.2 Å². The lowest BCUT2D eigenvalue weighted by molar-refractivity contribution is -0.606. The number of hydrogen-bond donors (Lipinski definition) is 0. The normalized spacial score (nSPS) is 9.88. The van der Waals surface area contributed by atoms with Crippen molar-refractivity contribution < 1.29 is 23.7 Å². The maximum absolute atomic E-state index is 11.2. The average Bonchev–Trinajstić information content (AvgIpc) is 2.27. The predicted molar refractivity (Wildman–Crippen MR) is 54.1 cm³/mol. The standard InChI is InChI=1S/C10H13NO5/c1-14-3-4-16-9-5-8(10(12)15-2)6-11(13)7-9/h5-7H,3-4H2,1-2H3. The Morgan fingerprint density at radius 2 is 2.12 bits per heavy atom. The van der Waals surface area contributed by atoms with E-state index in [4.69, 9.17) is 9.47 Å². The van der Waals surface area contributed by atoms with E-state index in [0.717, 1.165) is 6.20 Å². The smallest absolute Gasteiger partial charge is 0.344 e. The number of carbonyl (C=O) groups is 1. The molecular formula is C10H13NO5. The molecule has 1 aromatic heterocycles. The average molecular weight is 227 g/mol. The maximum Gasteiger partial charge on any atom is 0.344 e. The minimum absolute atomic E-state index is 0.146. The molecular weight excluding hydrogens is 214 g/mol. The Balaban J connectivity index is 2.77. The van der Waals surface area contributed by atoms with Crippen LogP contribution in [0, 0.1) is 5.21 Å². The van der Waals surface area contributed by atoms with E-state index in [9.17, 15) is 10.0 Å². The van der Waals surface area contributed by atoms with Crippen molar-refractivity contribution in [1.82, 2.24) is 0 Å². The zero-order valence-electron chi connectivity index (χ0n) is 9.13. The molecule has 0 aromatic carbocycles. The quantitative estimate of drug-likeness (QED) is 0.309. The molecule has 0 bridgehead atoms. The number of pyridine rings is 1. The van der Waals surface area contributed by atoms with Crippen molar-refractivity contribution in [2.75, 3.05) is 27.4 Å². The van der Waals surface area contributed by atoms with Crippen molar-refractivity contribution in [3.05, 3.63) is 29.2 Å². The van der Waals surface area contributed by atoms with Gasteiger partial charge in [-0.15, -0.1) is 0 Å². The first-order chi connectivity index (χ1) is 7.67. The van der Waals surface area contributed by atoms with Crippen molar-refractivity contribution in [2.45, 2.75) is 0 Å². The van der Waals surface area contributed by atoms with Gasteiger partial charge in [-0.25, -0.2) is 4.79 Å². The van der Waals surface area contributed by atoms with Crippen LogP contribution < -0.4 is 9.47 Å². The molecule has 1 rings (SSSR count). The molecule has 6 heteroatoms. The van der Waals surface area contributed by atoms with Crippen LogP contribution in [0.1, 0.15) is 10.4 Å². The molecule has 0 saturated heterocycles. The van der Waals surface area contributed by atoms with Crippen molar-refractivity contribution >= 4 is 5.97 Å². The molecule has 0 unspecified atom stereocenters. The van der Waals surface area contributed by atoms with Crippen LogP contribution >= 0.6 is 0 Å². The summed E-state index contributed by atoms with van der Waals surface area (Å²) in [5, 5.41) is 11.2. The summed E-state index contributed by atoms with van der Waals surface area (Å²) in [7, 11) is 2.79. The first-order valence-electron chi connectivity index (χ1n) is 4.61. The third-order valence-corrected chi connectivity index (χ3v) is 1.80. The van der Waals surface area contributed by atoms with Crippen LogP contribution in [0.5, 0.6) is 5.75 Å². The zero-order chi connectivity index (χ0) is 12.0. The monoisotopic (exact) mass is 227 g/mol. The number of nitrogens with zero attached hydrogens (tertiary/aromatic N) is 1. The molecule has 0 aliphatic carbocycles. The fraction of sp³-hybridized carbons (Fsp3) is 0.400. The highest BCUT2D eigenvalue weighted by molar-refractivity contribution is 5.88. The van der Waals surface area contributed by atoms with Gasteiger partial charge in [0.15, 0.2) is 11.9 Å². The Bertz CT molecular complexity index is 366. The number of hydrogen-bond acceptors (Lipinski definition) is 5. The fourth-order valence-corrected chi connectivity index (χ4v) is 1.08. The second kappa shape index (κ2) is 5.92. The molecule has 1 heterocycles. The third-order valence-electron chi connectivity index (χ3n) is 1.80. The van der Waals surface area contributed by atoms with E-state index in [1.165, 1.54) is 19.4 Å². The highest BCUT2D eigenvalue weighted by Gasteiger charge is 2.12. The lowest BCUT2D eigenvalue weighted by atomic mass is 10.3. The van der Waals surface area contributed by atoms with Gasteiger partial charge in [-0.2, -0.15) is 4.73 Å². The predicted octanol–water partition coefficient (Wildman–Crippen LogP) is 0.132. The molecule has 0 amide bonds. The number of carbonyl (C=O) groups excluding carboxylic acids is 1. The highest BCUT2D eigenvalue weighted by atomic mass is 16.5. The zero-order valence-corrected chi connectivity index (χ0v) is 9.13. The van der Waals surface area contributed by atoms with Crippen molar-refractivity contribution in [1.29, 1.82) is 0 Å². The number of ether oxygens (including phenoxy) is 3. The Morgan fingerprint density at radius 1 is 1.38 bits per heavy atom. The van der Waals surface area contributed by atoms with Crippen LogP contribution in [-0.2, 0) is 9.47 Å². The topological polar surface area (TPSA) is 71.7 Å². The molecule has 0 fully saturated rings. The summed E-state index contributed by atoms with van der Waals surface area (Å²) in [6.07, 6.45) is 2.34. The van der Waals surface area contributed by atoms with E-state index in [1.807, 2.05) is 0 Å². The molecule has 1 aromatic rings. The van der Waals surface area contributed by atoms with Gasteiger partial charge < -0.3 is 19.4 Å². The van der Waals surface area contributed by atoms with E-state index in [2.05, 4.69) is 4.74 Å². The molecule has 0 atom stereocenters. The Hall–Kier alpha value is -1.82. The Kier molecular flexibility index (Phi) is 4.53. The molecule has 0 aliphatic heterocycles. The lowest BCUT2D eigenvalue weighted by Gasteiger charge is -2.06. The van der Waals surface area contributed by atoms with Gasteiger partial charge in [0, 0.05) is 13.2 Å². The molecule has 0 saturated carbocycles. The van der Waals surface area contributed by atoms with Gasteiger partial charge in [0.05, 0.1) is 13.7 Å². The molecule has 0 spiro atoms. The van der Waals surface area contributed by atoms with Crippen molar-refractivity contribution in [3.63, 3.8) is 0 Å². The number of aromatic nitrogens is 1. The van der Waals surface area contributed by atoms with Crippen LogP contribution in [0.25, 0.3) is 0 Å². The minimum Gasteiger partial charge on any atom is -0.619 e. The van der Waals surface area contributed by atoms with Crippen molar-refractivity contribution in [3.8, 4) is 5.75 Å². The number of rotatable bonds is 5. The summed E-state index contributed by atoms with van der Waals surface area (Å²) in [4.78, 5) is 11.2. The van der Waals surface area contributed by atoms with Gasteiger partial charge in [-0.3, -0.25) is 0 Å². The Labute approximate surface area is 92.9 Å². The minimum atomic E-state index is -0.582. The van der Waals surface area contributed by atoms with Gasteiger partial charge in [0.25, 0.3) is 0 Å². The van der Waals surface area contributed by atoms with E-state index in [-0.39, 0.29) is 5.56 Å². The largest absolute Gasteiger partial charge is 0.619 e. The number of esters is 1. The second-order valence-electron chi connectivity index (χ2n) is 2.95. The van der Waals surface area contributed by atoms with Gasteiger partial charge in [0.2, 0.25) is 6.20 Å². The third kappa shape index (κ3) is 3.39. The summed E-state index contributed by atoms with van der Waals surface area (Å²) in [5.74, 6) is -0.281. The van der Waals surface area contributed by atoms with Gasteiger partial charge in [-0.05, 0) is 0 Å². The first-order valence-corrected chi connectivity index (χ1v) is 4.61. The summed E-state index contributed by atoms with van der Waals surface area (Å²) < 4.78 is 15.0. The van der Waals surface area contributed by atoms with Crippen LogP contribution in [-0.4, -0.2) is 33.4 Å². The van der Waals surface area contributed by atoms with E-state index < -0.39 is 5.97 Å². The van der Waals surface area contributed by atoms with Crippen LogP contribution in [0.15, 0.2) is 18.5 Å². The summed E-state index contributed by atoms with van der Waals surface area (Å²) in [5.41, 5.74) is 0.146. The van der Waals surface area contributed by atoms with Crippen LogP contribution in [0.2, 0.25) is 0 Å². The molecule has 88 valence electrons. The SMILES string of the molecule is COCCOc1cc(C(=O)OC)c[n+]([O-])c1. The molecule has 0 aliphatic rings. The van der Waals surface area contributed by atoms with Gasteiger partial charge >= 0.3 is 5.97 Å². The number of methoxy groups -OCH3 is 2. The summed E-state index contributed by atoms with van der Waals surface area (Å²) in [6, 6.07) is 1.44. The lowest BCUT2D eigenvalue weighted by Crippen LogP contribution is -2.27. The van der Waals surface area contributed by atoms with Crippen molar-refractivity contribution in [2.24, 2.45) is 0 Å². The highest BCUT2D eigenvalue weighted by Crippen LogP contribution is 2.10. The van der Waals surface area contributed by atoms with Crippen LogP contribution in [0.3, 0.4) is 0 Å².